The highest BCUT2D eigenvalue weighted by Gasteiger charge is 2.49. The average molecular weight is 200 g/mol. The predicted octanol–water partition coefficient (Wildman–Crippen LogP) is 3.82. The fourth-order valence-electron chi connectivity index (χ4n) is 2.96. The standard InChI is InChI=1S/C14H16O/c1-8-6-11-10(3)14(4-5-14)9(2)7-12(11)13(8)15/h6-7,15H,4-5H2,1-3H3. The van der Waals surface area contributed by atoms with Crippen LogP contribution in [0.2, 0.25) is 0 Å². The largest absolute Gasteiger partial charge is 0.507 e. The van der Waals surface area contributed by atoms with Crippen LogP contribution >= 0.6 is 0 Å². The zero-order valence-corrected chi connectivity index (χ0v) is 9.52. The molecule has 1 saturated carbocycles. The van der Waals surface area contributed by atoms with Crippen molar-refractivity contribution in [2.45, 2.75) is 33.6 Å². The van der Waals surface area contributed by atoms with Crippen LogP contribution < -0.4 is 0 Å². The maximum atomic E-state index is 9.95. The van der Waals surface area contributed by atoms with Gasteiger partial charge in [0.25, 0.3) is 0 Å². The summed E-state index contributed by atoms with van der Waals surface area (Å²) in [6.45, 7) is 6.39. The third-order valence-corrected chi connectivity index (χ3v) is 4.27. The lowest BCUT2D eigenvalue weighted by molar-refractivity contribution is 0.422. The SMILES string of the molecule is CC1=CC2=C(C)C3(CC3)C(C)=CC2=C1O. The number of allylic oxidation sites excluding steroid dienone is 7. The lowest BCUT2D eigenvalue weighted by Crippen LogP contribution is -2.11. The second-order valence-electron chi connectivity index (χ2n) is 5.04. The second kappa shape index (κ2) is 2.46. The zero-order chi connectivity index (χ0) is 10.8. The highest BCUT2D eigenvalue weighted by molar-refractivity contribution is 5.67. The Bertz CT molecular complexity index is 479. The van der Waals surface area contributed by atoms with Gasteiger partial charge < -0.3 is 5.11 Å². The van der Waals surface area contributed by atoms with Gasteiger partial charge in [-0.2, -0.15) is 0 Å². The molecule has 0 atom stereocenters. The highest BCUT2D eigenvalue weighted by atomic mass is 16.3. The Labute approximate surface area is 90.5 Å². The van der Waals surface area contributed by atoms with E-state index in [0.717, 1.165) is 11.1 Å². The molecule has 0 radical (unpaired) electrons. The Kier molecular flexibility index (Phi) is 1.48. The van der Waals surface area contributed by atoms with E-state index in [1.54, 1.807) is 0 Å². The second-order valence-corrected chi connectivity index (χ2v) is 5.04. The first kappa shape index (κ1) is 9.02. The Balaban J connectivity index is 2.26. The molecule has 0 amide bonds. The molecule has 3 aliphatic carbocycles. The first-order valence-corrected chi connectivity index (χ1v) is 5.59. The monoisotopic (exact) mass is 200 g/mol. The van der Waals surface area contributed by atoms with Crippen molar-refractivity contribution < 1.29 is 5.11 Å². The summed E-state index contributed by atoms with van der Waals surface area (Å²) in [6.07, 6.45) is 6.87. The van der Waals surface area contributed by atoms with Gasteiger partial charge in [-0.15, -0.1) is 0 Å². The summed E-state index contributed by atoms with van der Waals surface area (Å²) in [5, 5.41) is 9.95. The number of aliphatic hydroxyl groups excluding tert-OH is 1. The van der Waals surface area contributed by atoms with Crippen LogP contribution in [0.25, 0.3) is 0 Å². The van der Waals surface area contributed by atoms with Gasteiger partial charge in [-0.05, 0) is 50.8 Å². The van der Waals surface area contributed by atoms with Crippen LogP contribution in [-0.2, 0) is 0 Å². The van der Waals surface area contributed by atoms with Crippen molar-refractivity contribution in [3.05, 3.63) is 45.8 Å². The summed E-state index contributed by atoms with van der Waals surface area (Å²) < 4.78 is 0. The molecule has 15 heavy (non-hydrogen) atoms. The molecule has 0 aromatic heterocycles. The van der Waals surface area contributed by atoms with Gasteiger partial charge in [0.05, 0.1) is 0 Å². The molecule has 0 unspecified atom stereocenters. The summed E-state index contributed by atoms with van der Waals surface area (Å²) in [7, 11) is 0. The molecule has 0 aliphatic heterocycles. The first-order chi connectivity index (χ1) is 7.06. The lowest BCUT2D eigenvalue weighted by Gasteiger charge is -2.25. The summed E-state index contributed by atoms with van der Waals surface area (Å²) in [6, 6.07) is 0. The summed E-state index contributed by atoms with van der Waals surface area (Å²) >= 11 is 0. The van der Waals surface area contributed by atoms with Gasteiger partial charge in [0.2, 0.25) is 0 Å². The fourth-order valence-corrected chi connectivity index (χ4v) is 2.96. The molecule has 3 aliphatic rings. The Morgan fingerprint density at radius 2 is 1.73 bits per heavy atom. The maximum Gasteiger partial charge on any atom is 0.126 e. The van der Waals surface area contributed by atoms with Gasteiger partial charge in [0, 0.05) is 11.0 Å². The number of hydrogen-bond donors (Lipinski definition) is 1. The molecule has 1 N–H and O–H groups in total. The Morgan fingerprint density at radius 1 is 1.07 bits per heavy atom. The van der Waals surface area contributed by atoms with E-state index in [-0.39, 0.29) is 0 Å². The Morgan fingerprint density at radius 3 is 2.33 bits per heavy atom. The molecule has 0 heterocycles. The van der Waals surface area contributed by atoms with Crippen LogP contribution in [-0.4, -0.2) is 5.11 Å². The van der Waals surface area contributed by atoms with E-state index in [1.807, 2.05) is 6.92 Å². The Hall–Kier alpha value is -1.24. The highest BCUT2D eigenvalue weighted by Crippen LogP contribution is 2.61. The van der Waals surface area contributed by atoms with E-state index in [2.05, 4.69) is 26.0 Å². The zero-order valence-electron chi connectivity index (χ0n) is 9.52. The van der Waals surface area contributed by atoms with Gasteiger partial charge in [-0.25, -0.2) is 0 Å². The number of aliphatic hydroxyl groups is 1. The van der Waals surface area contributed by atoms with Crippen molar-refractivity contribution in [1.82, 2.24) is 0 Å². The molecular weight excluding hydrogens is 184 g/mol. The predicted molar refractivity (Wildman–Crippen MR) is 61.5 cm³/mol. The summed E-state index contributed by atoms with van der Waals surface area (Å²) in [5.41, 5.74) is 6.56. The average Bonchev–Trinajstić information content (AvgIpc) is 2.95. The lowest BCUT2D eigenvalue weighted by atomic mass is 9.79. The number of rotatable bonds is 0. The topological polar surface area (TPSA) is 20.2 Å². The van der Waals surface area contributed by atoms with Gasteiger partial charge in [0.15, 0.2) is 0 Å². The van der Waals surface area contributed by atoms with Gasteiger partial charge in [-0.3, -0.25) is 0 Å². The van der Waals surface area contributed by atoms with Gasteiger partial charge >= 0.3 is 0 Å². The van der Waals surface area contributed by atoms with E-state index in [4.69, 9.17) is 0 Å². The van der Waals surface area contributed by atoms with Crippen LogP contribution in [0.5, 0.6) is 0 Å². The van der Waals surface area contributed by atoms with E-state index >= 15 is 0 Å². The molecule has 1 nitrogen and oxygen atoms in total. The molecular formula is C14H16O. The van der Waals surface area contributed by atoms with Crippen molar-refractivity contribution in [2.24, 2.45) is 5.41 Å². The van der Waals surface area contributed by atoms with Crippen LogP contribution in [0.3, 0.4) is 0 Å². The van der Waals surface area contributed by atoms with Crippen molar-refractivity contribution in [3.8, 4) is 0 Å². The minimum atomic E-state index is 0.361. The van der Waals surface area contributed by atoms with Crippen molar-refractivity contribution >= 4 is 0 Å². The third-order valence-electron chi connectivity index (χ3n) is 4.27. The fraction of sp³-hybridized carbons (Fsp3) is 0.429. The third kappa shape index (κ3) is 0.935. The maximum absolute atomic E-state index is 9.95. The van der Waals surface area contributed by atoms with Crippen LogP contribution in [0.15, 0.2) is 45.8 Å². The van der Waals surface area contributed by atoms with Crippen LogP contribution in [0, 0.1) is 5.41 Å². The van der Waals surface area contributed by atoms with E-state index in [9.17, 15) is 5.11 Å². The molecule has 0 bridgehead atoms. The summed E-state index contributed by atoms with van der Waals surface area (Å²) in [4.78, 5) is 0. The molecule has 0 aromatic rings. The summed E-state index contributed by atoms with van der Waals surface area (Å²) in [5.74, 6) is 0.471. The molecule has 1 heteroatoms. The van der Waals surface area contributed by atoms with E-state index in [0.29, 0.717) is 11.2 Å². The molecule has 1 fully saturated rings. The van der Waals surface area contributed by atoms with Crippen molar-refractivity contribution in [1.29, 1.82) is 0 Å². The first-order valence-electron chi connectivity index (χ1n) is 5.59. The molecule has 0 aromatic carbocycles. The molecule has 78 valence electrons. The smallest absolute Gasteiger partial charge is 0.126 e. The van der Waals surface area contributed by atoms with Crippen LogP contribution in [0.4, 0.5) is 0 Å². The van der Waals surface area contributed by atoms with Gasteiger partial charge in [0.1, 0.15) is 5.76 Å². The number of fused-ring (bicyclic) bond motifs is 1. The molecule has 3 rings (SSSR count). The van der Waals surface area contributed by atoms with E-state index < -0.39 is 0 Å². The minimum Gasteiger partial charge on any atom is -0.507 e. The van der Waals surface area contributed by atoms with E-state index in [1.165, 1.54) is 29.6 Å². The van der Waals surface area contributed by atoms with Crippen molar-refractivity contribution in [3.63, 3.8) is 0 Å². The van der Waals surface area contributed by atoms with Crippen molar-refractivity contribution in [2.75, 3.05) is 0 Å². The van der Waals surface area contributed by atoms with Gasteiger partial charge in [-0.1, -0.05) is 17.2 Å². The quantitative estimate of drug-likeness (QED) is 0.630. The normalized spacial score (nSPS) is 26.9. The van der Waals surface area contributed by atoms with Crippen LogP contribution in [0.1, 0.15) is 33.6 Å². The number of hydrogen-bond acceptors (Lipinski definition) is 1. The molecule has 0 saturated heterocycles. The molecule has 1 spiro atoms. The minimum absolute atomic E-state index is 0.361.